The molecule has 1 saturated heterocycles. The van der Waals surface area contributed by atoms with Crippen LogP contribution >= 0.6 is 0 Å². The fourth-order valence-electron chi connectivity index (χ4n) is 2.50. The first-order valence-electron chi connectivity index (χ1n) is 6.75. The van der Waals surface area contributed by atoms with Crippen molar-refractivity contribution in [1.29, 1.82) is 0 Å². The van der Waals surface area contributed by atoms with Gasteiger partial charge in [-0.25, -0.2) is 0 Å². The highest BCUT2D eigenvalue weighted by atomic mass is 16.5. The molecule has 3 rings (SSSR count). The van der Waals surface area contributed by atoms with Crippen LogP contribution in [0, 0.1) is 5.92 Å². The number of anilines is 1. The molecule has 2 aromatic heterocycles. The molecule has 19 heavy (non-hydrogen) atoms. The summed E-state index contributed by atoms with van der Waals surface area (Å²) in [7, 11) is 0. The number of rotatable bonds is 4. The fourth-order valence-corrected chi connectivity index (χ4v) is 2.50. The van der Waals surface area contributed by atoms with Crippen molar-refractivity contribution in [3.63, 3.8) is 0 Å². The van der Waals surface area contributed by atoms with Crippen molar-refractivity contribution >= 4 is 11.5 Å². The second kappa shape index (κ2) is 5.48. The van der Waals surface area contributed by atoms with Crippen LogP contribution in [0.25, 0.3) is 5.65 Å². The largest absolute Gasteiger partial charge is 0.381 e. The molecule has 0 spiro atoms. The van der Waals surface area contributed by atoms with Crippen molar-refractivity contribution in [2.24, 2.45) is 5.92 Å². The van der Waals surface area contributed by atoms with Crippen molar-refractivity contribution in [2.45, 2.75) is 19.8 Å². The van der Waals surface area contributed by atoms with Crippen LogP contribution in [0.2, 0.25) is 0 Å². The minimum atomic E-state index is 0.583. The SMILES string of the molecule is CCOCC1CCCN(c2ccc3nnnn3n2)C1. The van der Waals surface area contributed by atoms with E-state index in [-0.39, 0.29) is 0 Å². The van der Waals surface area contributed by atoms with Gasteiger partial charge in [-0.05, 0) is 48.2 Å². The van der Waals surface area contributed by atoms with E-state index in [9.17, 15) is 0 Å². The molecule has 0 aliphatic carbocycles. The number of tetrazole rings is 1. The third-order valence-electron chi connectivity index (χ3n) is 3.46. The molecule has 1 aliphatic heterocycles. The maximum absolute atomic E-state index is 5.53. The van der Waals surface area contributed by atoms with E-state index in [0.717, 1.165) is 32.1 Å². The van der Waals surface area contributed by atoms with Crippen LogP contribution in [0.3, 0.4) is 0 Å². The second-order valence-corrected chi connectivity index (χ2v) is 4.83. The third-order valence-corrected chi connectivity index (χ3v) is 3.46. The Balaban J connectivity index is 1.73. The van der Waals surface area contributed by atoms with Gasteiger partial charge in [0.25, 0.3) is 0 Å². The molecule has 1 unspecified atom stereocenters. The van der Waals surface area contributed by atoms with Gasteiger partial charge < -0.3 is 9.64 Å². The number of aromatic nitrogens is 5. The lowest BCUT2D eigenvalue weighted by atomic mass is 9.99. The monoisotopic (exact) mass is 262 g/mol. The average Bonchev–Trinajstić information content (AvgIpc) is 2.92. The minimum Gasteiger partial charge on any atom is -0.381 e. The molecule has 1 aliphatic rings. The van der Waals surface area contributed by atoms with Gasteiger partial charge in [-0.2, -0.15) is 0 Å². The van der Waals surface area contributed by atoms with Crippen molar-refractivity contribution in [3.05, 3.63) is 12.1 Å². The van der Waals surface area contributed by atoms with Gasteiger partial charge in [-0.15, -0.1) is 14.8 Å². The van der Waals surface area contributed by atoms with E-state index in [0.29, 0.717) is 11.6 Å². The summed E-state index contributed by atoms with van der Waals surface area (Å²) in [6.45, 7) is 5.67. The van der Waals surface area contributed by atoms with Crippen molar-refractivity contribution < 1.29 is 4.74 Å². The second-order valence-electron chi connectivity index (χ2n) is 4.83. The highest BCUT2D eigenvalue weighted by molar-refractivity contribution is 5.44. The summed E-state index contributed by atoms with van der Waals surface area (Å²) in [5.41, 5.74) is 0.673. The Morgan fingerprint density at radius 1 is 1.42 bits per heavy atom. The summed E-state index contributed by atoms with van der Waals surface area (Å²) in [5.74, 6) is 1.51. The molecule has 1 atom stereocenters. The van der Waals surface area contributed by atoms with Gasteiger partial charge >= 0.3 is 0 Å². The highest BCUT2D eigenvalue weighted by Crippen LogP contribution is 2.21. The molecular weight excluding hydrogens is 244 g/mol. The summed E-state index contributed by atoms with van der Waals surface area (Å²) in [6, 6.07) is 3.88. The topological polar surface area (TPSA) is 68.4 Å². The Labute approximate surface area is 111 Å². The highest BCUT2D eigenvalue weighted by Gasteiger charge is 2.21. The average molecular weight is 262 g/mol. The smallest absolute Gasteiger partial charge is 0.200 e. The van der Waals surface area contributed by atoms with Gasteiger partial charge in [0.15, 0.2) is 11.5 Å². The normalized spacial score (nSPS) is 20.1. The van der Waals surface area contributed by atoms with Gasteiger partial charge in [0.1, 0.15) is 0 Å². The van der Waals surface area contributed by atoms with Gasteiger partial charge in [0.2, 0.25) is 0 Å². The molecular formula is C12H18N6O. The summed E-state index contributed by atoms with van der Waals surface area (Å²) < 4.78 is 7.00. The van der Waals surface area contributed by atoms with E-state index in [1.807, 2.05) is 19.1 Å². The maximum Gasteiger partial charge on any atom is 0.200 e. The van der Waals surface area contributed by atoms with Crippen LogP contribution in [0.4, 0.5) is 5.82 Å². The molecule has 0 saturated carbocycles. The number of piperidine rings is 1. The van der Waals surface area contributed by atoms with Crippen LogP contribution in [-0.2, 0) is 4.74 Å². The van der Waals surface area contributed by atoms with Crippen LogP contribution in [0.5, 0.6) is 0 Å². The van der Waals surface area contributed by atoms with Crippen molar-refractivity contribution in [1.82, 2.24) is 25.3 Å². The van der Waals surface area contributed by atoms with Crippen LogP contribution in [0.1, 0.15) is 19.8 Å². The van der Waals surface area contributed by atoms with Crippen LogP contribution in [-0.4, -0.2) is 51.6 Å². The first-order valence-corrected chi connectivity index (χ1v) is 6.75. The van der Waals surface area contributed by atoms with E-state index in [2.05, 4.69) is 25.5 Å². The molecule has 3 heterocycles. The maximum atomic E-state index is 5.53. The van der Waals surface area contributed by atoms with Gasteiger partial charge in [-0.3, -0.25) is 0 Å². The van der Waals surface area contributed by atoms with Gasteiger partial charge in [0.05, 0.1) is 6.61 Å². The molecule has 0 aromatic carbocycles. The molecule has 102 valence electrons. The summed E-state index contributed by atoms with van der Waals surface area (Å²) in [5, 5.41) is 15.7. The lowest BCUT2D eigenvalue weighted by molar-refractivity contribution is 0.104. The first-order chi connectivity index (χ1) is 9.36. The summed E-state index contributed by atoms with van der Waals surface area (Å²) in [6.07, 6.45) is 2.40. The van der Waals surface area contributed by atoms with Crippen molar-refractivity contribution in [3.8, 4) is 0 Å². The third kappa shape index (κ3) is 2.65. The summed E-state index contributed by atoms with van der Waals surface area (Å²) >= 11 is 0. The Bertz CT molecular complexity index is 542. The first kappa shape index (κ1) is 12.3. The van der Waals surface area contributed by atoms with Crippen molar-refractivity contribution in [2.75, 3.05) is 31.2 Å². The van der Waals surface area contributed by atoms with Gasteiger partial charge in [-0.1, -0.05) is 0 Å². The molecule has 1 fully saturated rings. The van der Waals surface area contributed by atoms with E-state index in [1.165, 1.54) is 17.5 Å². The number of ether oxygens (including phenoxy) is 1. The lowest BCUT2D eigenvalue weighted by Crippen LogP contribution is -2.38. The molecule has 0 bridgehead atoms. The van der Waals surface area contributed by atoms with Gasteiger partial charge in [0, 0.05) is 19.7 Å². The van der Waals surface area contributed by atoms with E-state index in [4.69, 9.17) is 4.74 Å². The lowest BCUT2D eigenvalue weighted by Gasteiger charge is -2.33. The Morgan fingerprint density at radius 3 is 3.26 bits per heavy atom. The number of hydrogen-bond acceptors (Lipinski definition) is 6. The standard InChI is InChI=1S/C12H18N6O/c1-2-19-9-10-4-3-7-17(8-10)12-6-5-11-13-15-16-18(11)14-12/h5-6,10H,2-4,7-9H2,1H3. The minimum absolute atomic E-state index is 0.583. The molecule has 0 N–H and O–H groups in total. The number of nitrogens with zero attached hydrogens (tertiary/aromatic N) is 6. The molecule has 2 aromatic rings. The Hall–Kier alpha value is -1.76. The zero-order chi connectivity index (χ0) is 13.1. The molecule has 0 amide bonds. The van der Waals surface area contributed by atoms with Crippen LogP contribution in [0.15, 0.2) is 12.1 Å². The number of hydrogen-bond donors (Lipinski definition) is 0. The summed E-state index contributed by atoms with van der Waals surface area (Å²) in [4.78, 5) is 2.29. The fraction of sp³-hybridized carbons (Fsp3) is 0.667. The Kier molecular flexibility index (Phi) is 3.54. The zero-order valence-corrected chi connectivity index (χ0v) is 11.1. The number of fused-ring (bicyclic) bond motifs is 1. The van der Waals surface area contributed by atoms with Crippen LogP contribution < -0.4 is 4.90 Å². The zero-order valence-electron chi connectivity index (χ0n) is 11.1. The van der Waals surface area contributed by atoms with E-state index in [1.54, 1.807) is 0 Å². The molecule has 7 nitrogen and oxygen atoms in total. The quantitative estimate of drug-likeness (QED) is 0.810. The predicted octanol–water partition coefficient (Wildman–Crippen LogP) is 0.772. The predicted molar refractivity (Wildman–Crippen MR) is 70.0 cm³/mol. The Morgan fingerprint density at radius 2 is 2.37 bits per heavy atom. The molecule has 7 heteroatoms. The van der Waals surface area contributed by atoms with E-state index >= 15 is 0 Å². The molecule has 0 radical (unpaired) electrons. The van der Waals surface area contributed by atoms with E-state index < -0.39 is 0 Å².